The van der Waals surface area contributed by atoms with Crippen LogP contribution in [0.25, 0.3) is 0 Å². The zero-order chi connectivity index (χ0) is 16.7. The molecule has 0 saturated carbocycles. The summed E-state index contributed by atoms with van der Waals surface area (Å²) in [6.07, 6.45) is 5.22. The van der Waals surface area contributed by atoms with E-state index in [2.05, 4.69) is 17.1 Å². The summed E-state index contributed by atoms with van der Waals surface area (Å²) in [4.78, 5) is 18.9. The van der Waals surface area contributed by atoms with Gasteiger partial charge in [-0.1, -0.05) is 44.2 Å². The normalized spacial score (nSPS) is 11.3. The molecular weight excluding hydrogens is 284 g/mol. The molecule has 0 saturated heterocycles. The summed E-state index contributed by atoms with van der Waals surface area (Å²) in [5.74, 6) is 0.220. The second-order valence-corrected chi connectivity index (χ2v) is 6.54. The van der Waals surface area contributed by atoms with Gasteiger partial charge in [0.2, 0.25) is 5.91 Å². The maximum Gasteiger partial charge on any atom is 0.228 e. The minimum Gasteiger partial charge on any atom is -0.342 e. The molecule has 3 heteroatoms. The summed E-state index contributed by atoms with van der Waals surface area (Å²) in [5, 5.41) is 0. The van der Waals surface area contributed by atoms with Crippen LogP contribution in [0, 0.1) is 5.41 Å². The number of pyridine rings is 1. The zero-order valence-electron chi connectivity index (χ0n) is 14.3. The minimum atomic E-state index is -0.393. The first-order valence-electron chi connectivity index (χ1n) is 8.25. The van der Waals surface area contributed by atoms with Crippen LogP contribution in [0.5, 0.6) is 0 Å². The fourth-order valence-electron chi connectivity index (χ4n) is 2.83. The predicted octanol–water partition coefficient (Wildman–Crippen LogP) is 3.74. The van der Waals surface area contributed by atoms with Crippen LogP contribution in [-0.2, 0) is 17.6 Å². The SMILES string of the molecule is CCN(CCc1ccncc1)C(=O)C(C)(C)Cc1ccccc1. The first kappa shape index (κ1) is 17.2. The van der Waals surface area contributed by atoms with Crippen LogP contribution in [0.15, 0.2) is 54.9 Å². The number of likely N-dealkylation sites (N-methyl/N-ethyl adjacent to an activating group) is 1. The molecule has 0 bridgehead atoms. The van der Waals surface area contributed by atoms with Crippen molar-refractivity contribution in [2.75, 3.05) is 13.1 Å². The Morgan fingerprint density at radius 2 is 1.70 bits per heavy atom. The van der Waals surface area contributed by atoms with Gasteiger partial charge >= 0.3 is 0 Å². The van der Waals surface area contributed by atoms with Gasteiger partial charge < -0.3 is 4.90 Å². The highest BCUT2D eigenvalue weighted by molar-refractivity contribution is 5.82. The van der Waals surface area contributed by atoms with Gasteiger partial charge in [0.25, 0.3) is 0 Å². The van der Waals surface area contributed by atoms with Crippen molar-refractivity contribution in [3.63, 3.8) is 0 Å². The molecule has 0 fully saturated rings. The quantitative estimate of drug-likeness (QED) is 0.780. The van der Waals surface area contributed by atoms with Gasteiger partial charge in [-0.25, -0.2) is 0 Å². The topological polar surface area (TPSA) is 33.2 Å². The summed E-state index contributed by atoms with van der Waals surface area (Å²) >= 11 is 0. The van der Waals surface area contributed by atoms with E-state index in [1.54, 1.807) is 12.4 Å². The van der Waals surface area contributed by atoms with Crippen molar-refractivity contribution in [3.8, 4) is 0 Å². The molecule has 0 aliphatic heterocycles. The van der Waals surface area contributed by atoms with Crippen molar-refractivity contribution < 1.29 is 4.79 Å². The highest BCUT2D eigenvalue weighted by atomic mass is 16.2. The van der Waals surface area contributed by atoms with E-state index in [0.717, 1.165) is 25.9 Å². The fraction of sp³-hybridized carbons (Fsp3) is 0.400. The smallest absolute Gasteiger partial charge is 0.228 e. The van der Waals surface area contributed by atoms with Gasteiger partial charge in [0.1, 0.15) is 0 Å². The Morgan fingerprint density at radius 3 is 2.30 bits per heavy atom. The second-order valence-electron chi connectivity index (χ2n) is 6.54. The molecule has 0 aliphatic carbocycles. The molecule has 2 aromatic rings. The van der Waals surface area contributed by atoms with Gasteiger partial charge in [0, 0.05) is 30.9 Å². The lowest BCUT2D eigenvalue weighted by Gasteiger charge is -2.31. The van der Waals surface area contributed by atoms with Crippen LogP contribution < -0.4 is 0 Å². The molecule has 0 unspecified atom stereocenters. The number of benzene rings is 1. The molecule has 122 valence electrons. The van der Waals surface area contributed by atoms with Crippen molar-refractivity contribution >= 4 is 5.91 Å². The highest BCUT2D eigenvalue weighted by Gasteiger charge is 2.31. The van der Waals surface area contributed by atoms with Gasteiger partial charge in [0.05, 0.1) is 0 Å². The van der Waals surface area contributed by atoms with Gasteiger partial charge in [-0.05, 0) is 43.0 Å². The van der Waals surface area contributed by atoms with Crippen molar-refractivity contribution in [2.45, 2.75) is 33.6 Å². The number of hydrogen-bond acceptors (Lipinski definition) is 2. The summed E-state index contributed by atoms with van der Waals surface area (Å²) < 4.78 is 0. The first-order valence-corrected chi connectivity index (χ1v) is 8.25. The highest BCUT2D eigenvalue weighted by Crippen LogP contribution is 2.25. The van der Waals surface area contributed by atoms with E-state index in [1.165, 1.54) is 11.1 Å². The molecule has 0 spiro atoms. The monoisotopic (exact) mass is 310 g/mol. The zero-order valence-corrected chi connectivity index (χ0v) is 14.3. The summed E-state index contributed by atoms with van der Waals surface area (Å²) in [6.45, 7) is 7.61. The third kappa shape index (κ3) is 4.92. The molecule has 1 heterocycles. The first-order chi connectivity index (χ1) is 11.0. The average Bonchev–Trinajstić information content (AvgIpc) is 2.56. The van der Waals surface area contributed by atoms with Crippen LogP contribution in [0.2, 0.25) is 0 Å². The van der Waals surface area contributed by atoms with Crippen LogP contribution >= 0.6 is 0 Å². The molecule has 23 heavy (non-hydrogen) atoms. The van der Waals surface area contributed by atoms with Gasteiger partial charge in [-0.15, -0.1) is 0 Å². The largest absolute Gasteiger partial charge is 0.342 e. The number of amides is 1. The lowest BCUT2D eigenvalue weighted by atomic mass is 9.84. The van der Waals surface area contributed by atoms with Gasteiger partial charge in [-0.3, -0.25) is 9.78 Å². The van der Waals surface area contributed by atoms with E-state index in [0.29, 0.717) is 0 Å². The minimum absolute atomic E-state index is 0.220. The van der Waals surface area contributed by atoms with E-state index in [-0.39, 0.29) is 5.91 Å². The van der Waals surface area contributed by atoms with E-state index in [9.17, 15) is 4.79 Å². The Kier molecular flexibility index (Phi) is 5.91. The van der Waals surface area contributed by atoms with Crippen LogP contribution in [0.3, 0.4) is 0 Å². The number of nitrogens with zero attached hydrogens (tertiary/aromatic N) is 2. The van der Waals surface area contributed by atoms with E-state index in [4.69, 9.17) is 0 Å². The lowest BCUT2D eigenvalue weighted by Crippen LogP contribution is -2.43. The van der Waals surface area contributed by atoms with Gasteiger partial charge in [0.15, 0.2) is 0 Å². The molecule has 0 atom stereocenters. The second kappa shape index (κ2) is 7.91. The van der Waals surface area contributed by atoms with Crippen molar-refractivity contribution in [1.82, 2.24) is 9.88 Å². The third-order valence-electron chi connectivity index (χ3n) is 4.16. The van der Waals surface area contributed by atoms with E-state index in [1.807, 2.05) is 56.0 Å². The molecule has 0 N–H and O–H groups in total. The fourth-order valence-corrected chi connectivity index (χ4v) is 2.83. The van der Waals surface area contributed by atoms with Crippen LogP contribution in [0.1, 0.15) is 31.9 Å². The Hall–Kier alpha value is -2.16. The molecule has 2 rings (SSSR count). The summed E-state index contributed by atoms with van der Waals surface area (Å²) in [5.41, 5.74) is 2.03. The summed E-state index contributed by atoms with van der Waals surface area (Å²) in [6, 6.07) is 14.2. The molecule has 1 aromatic heterocycles. The van der Waals surface area contributed by atoms with Gasteiger partial charge in [-0.2, -0.15) is 0 Å². The Morgan fingerprint density at radius 1 is 1.04 bits per heavy atom. The average molecular weight is 310 g/mol. The number of hydrogen-bond donors (Lipinski definition) is 0. The molecule has 1 amide bonds. The maximum atomic E-state index is 12.9. The standard InChI is InChI=1S/C20H26N2O/c1-4-22(15-12-17-10-13-21-14-11-17)19(23)20(2,3)16-18-8-6-5-7-9-18/h5-11,13-14H,4,12,15-16H2,1-3H3. The summed E-state index contributed by atoms with van der Waals surface area (Å²) in [7, 11) is 0. The Balaban J connectivity index is 2.00. The lowest BCUT2D eigenvalue weighted by molar-refractivity contribution is -0.140. The van der Waals surface area contributed by atoms with Crippen LogP contribution in [0.4, 0.5) is 0 Å². The molecule has 3 nitrogen and oxygen atoms in total. The molecule has 1 aromatic carbocycles. The number of carbonyl (C=O) groups excluding carboxylic acids is 1. The molecular formula is C20H26N2O. The molecule has 0 aliphatic rings. The van der Waals surface area contributed by atoms with Crippen molar-refractivity contribution in [1.29, 1.82) is 0 Å². The number of aromatic nitrogens is 1. The Bertz CT molecular complexity index is 608. The third-order valence-corrected chi connectivity index (χ3v) is 4.16. The van der Waals surface area contributed by atoms with E-state index >= 15 is 0 Å². The number of carbonyl (C=O) groups is 1. The maximum absolute atomic E-state index is 12.9. The molecule has 0 radical (unpaired) electrons. The predicted molar refractivity (Wildman–Crippen MR) is 94.1 cm³/mol. The van der Waals surface area contributed by atoms with Crippen molar-refractivity contribution in [2.24, 2.45) is 5.41 Å². The Labute approximate surface area is 139 Å². The van der Waals surface area contributed by atoms with Crippen LogP contribution in [-0.4, -0.2) is 28.9 Å². The number of rotatable bonds is 7. The van der Waals surface area contributed by atoms with E-state index < -0.39 is 5.41 Å². The van der Waals surface area contributed by atoms with Crippen molar-refractivity contribution in [3.05, 3.63) is 66.0 Å².